The summed E-state index contributed by atoms with van der Waals surface area (Å²) >= 11 is 1.28. The summed E-state index contributed by atoms with van der Waals surface area (Å²) in [5.41, 5.74) is 8.03. The zero-order valence-corrected chi connectivity index (χ0v) is 18.6. The topological polar surface area (TPSA) is 136 Å². The van der Waals surface area contributed by atoms with E-state index >= 15 is 0 Å². The summed E-state index contributed by atoms with van der Waals surface area (Å²) in [7, 11) is 0. The van der Waals surface area contributed by atoms with Crippen LogP contribution in [-0.4, -0.2) is 38.9 Å². The van der Waals surface area contributed by atoms with Gasteiger partial charge in [-0.15, -0.1) is 11.8 Å². The zero-order valence-electron chi connectivity index (χ0n) is 17.8. The summed E-state index contributed by atoms with van der Waals surface area (Å²) < 4.78 is 7.18. The molecule has 0 saturated carbocycles. The SMILES string of the molecule is [N-]=[N+]=N[C@H]1C[C@H](COC(=O)c2ccccc2)S[C@@H]1n1ccc(=O)n(C(=O)c2ccccc2)c1=O. The third-order valence-corrected chi connectivity index (χ3v) is 6.82. The van der Waals surface area contributed by atoms with Gasteiger partial charge >= 0.3 is 11.7 Å². The quantitative estimate of drug-likeness (QED) is 0.231. The van der Waals surface area contributed by atoms with Crippen LogP contribution in [0.5, 0.6) is 0 Å². The second kappa shape index (κ2) is 10.2. The van der Waals surface area contributed by atoms with E-state index in [9.17, 15) is 19.2 Å². The summed E-state index contributed by atoms with van der Waals surface area (Å²) in [6.07, 6.45) is 1.63. The van der Waals surface area contributed by atoms with E-state index in [0.29, 0.717) is 16.6 Å². The van der Waals surface area contributed by atoms with Crippen molar-refractivity contribution < 1.29 is 14.3 Å². The van der Waals surface area contributed by atoms with Crippen molar-refractivity contribution in [1.82, 2.24) is 9.13 Å². The van der Waals surface area contributed by atoms with Gasteiger partial charge in [0.25, 0.3) is 11.5 Å². The molecular formula is C23H19N5O5S. The van der Waals surface area contributed by atoms with Crippen LogP contribution in [0.25, 0.3) is 10.4 Å². The van der Waals surface area contributed by atoms with E-state index in [4.69, 9.17) is 10.3 Å². The highest BCUT2D eigenvalue weighted by molar-refractivity contribution is 8.00. The first-order chi connectivity index (χ1) is 16.5. The molecule has 1 aliphatic rings. The molecule has 2 heterocycles. The molecule has 1 aliphatic heterocycles. The predicted octanol–water partition coefficient (Wildman–Crippen LogP) is 3.24. The maximum Gasteiger partial charge on any atom is 0.339 e. The Balaban J connectivity index is 1.58. The predicted molar refractivity (Wildman–Crippen MR) is 126 cm³/mol. The lowest BCUT2D eigenvalue weighted by Crippen LogP contribution is -2.44. The van der Waals surface area contributed by atoms with E-state index in [2.05, 4.69) is 10.0 Å². The molecule has 34 heavy (non-hydrogen) atoms. The first-order valence-electron chi connectivity index (χ1n) is 10.4. The summed E-state index contributed by atoms with van der Waals surface area (Å²) in [6.45, 7) is 0.0453. The third-order valence-electron chi connectivity index (χ3n) is 5.28. The molecule has 1 aromatic heterocycles. The number of benzene rings is 2. The highest BCUT2D eigenvalue weighted by Gasteiger charge is 2.37. The largest absolute Gasteiger partial charge is 0.461 e. The number of carbonyl (C=O) groups excluding carboxylic acids is 2. The van der Waals surface area contributed by atoms with Crippen molar-refractivity contribution in [1.29, 1.82) is 0 Å². The van der Waals surface area contributed by atoms with Gasteiger partial charge in [-0.2, -0.15) is 4.57 Å². The second-order valence-electron chi connectivity index (χ2n) is 7.47. The number of carbonyl (C=O) groups is 2. The fraction of sp³-hybridized carbons (Fsp3) is 0.217. The van der Waals surface area contributed by atoms with Crippen molar-refractivity contribution in [3.8, 4) is 0 Å². The molecule has 2 aromatic carbocycles. The Kier molecular flexibility index (Phi) is 6.95. The highest BCUT2D eigenvalue weighted by atomic mass is 32.2. The minimum absolute atomic E-state index is 0.0453. The molecule has 3 aromatic rings. The Morgan fingerprint density at radius 2 is 1.68 bits per heavy atom. The molecule has 1 saturated heterocycles. The number of nitrogens with zero attached hydrogens (tertiary/aromatic N) is 5. The number of hydrogen-bond acceptors (Lipinski definition) is 7. The number of ether oxygens (including phenoxy) is 1. The van der Waals surface area contributed by atoms with Crippen LogP contribution in [0.3, 0.4) is 0 Å². The fourth-order valence-corrected chi connectivity index (χ4v) is 5.15. The molecule has 0 amide bonds. The number of aromatic nitrogens is 2. The van der Waals surface area contributed by atoms with Crippen molar-refractivity contribution in [3.05, 3.63) is 115 Å². The van der Waals surface area contributed by atoms with Crippen molar-refractivity contribution >= 4 is 23.6 Å². The van der Waals surface area contributed by atoms with Crippen LogP contribution in [0.2, 0.25) is 0 Å². The molecule has 0 bridgehead atoms. The van der Waals surface area contributed by atoms with E-state index in [1.165, 1.54) is 34.7 Å². The maximum atomic E-state index is 13.2. The van der Waals surface area contributed by atoms with Gasteiger partial charge in [0.1, 0.15) is 6.61 Å². The average Bonchev–Trinajstić information content (AvgIpc) is 3.26. The first-order valence-corrected chi connectivity index (χ1v) is 11.3. The zero-order chi connectivity index (χ0) is 24.1. The molecule has 0 radical (unpaired) electrons. The smallest absolute Gasteiger partial charge is 0.339 e. The Labute approximate surface area is 197 Å². The highest BCUT2D eigenvalue weighted by Crippen LogP contribution is 2.43. The molecule has 0 unspecified atom stereocenters. The van der Waals surface area contributed by atoms with Gasteiger partial charge in [-0.05, 0) is 36.2 Å². The van der Waals surface area contributed by atoms with Crippen molar-refractivity contribution in [2.24, 2.45) is 5.11 Å². The molecule has 0 aliphatic carbocycles. The number of rotatable bonds is 6. The van der Waals surface area contributed by atoms with E-state index in [-0.39, 0.29) is 17.4 Å². The summed E-state index contributed by atoms with van der Waals surface area (Å²) in [6, 6.07) is 17.0. The number of thioether (sulfide) groups is 1. The van der Waals surface area contributed by atoms with Gasteiger partial charge in [-0.1, -0.05) is 41.5 Å². The lowest BCUT2D eigenvalue weighted by Gasteiger charge is -2.18. The number of esters is 1. The van der Waals surface area contributed by atoms with Crippen molar-refractivity contribution in [3.63, 3.8) is 0 Å². The molecule has 11 heteroatoms. The number of hydrogen-bond donors (Lipinski definition) is 0. The van der Waals surface area contributed by atoms with E-state index in [1.54, 1.807) is 48.5 Å². The monoisotopic (exact) mass is 477 g/mol. The molecule has 3 atom stereocenters. The van der Waals surface area contributed by atoms with Gasteiger partial charge < -0.3 is 4.74 Å². The van der Waals surface area contributed by atoms with Gasteiger partial charge in [-0.25, -0.2) is 9.59 Å². The van der Waals surface area contributed by atoms with Crippen LogP contribution in [0.1, 0.15) is 32.5 Å². The number of azide groups is 1. The Hall–Kier alpha value is -4.08. The maximum absolute atomic E-state index is 13.2. The minimum Gasteiger partial charge on any atom is -0.461 e. The van der Waals surface area contributed by atoms with Crippen LogP contribution in [0, 0.1) is 0 Å². The van der Waals surface area contributed by atoms with Gasteiger partial charge in [0.05, 0.1) is 17.0 Å². The Bertz CT molecular complexity index is 1370. The van der Waals surface area contributed by atoms with Gasteiger partial charge in [0, 0.05) is 28.0 Å². The minimum atomic E-state index is -0.834. The molecule has 4 rings (SSSR count). The molecule has 0 N–H and O–H groups in total. The summed E-state index contributed by atoms with van der Waals surface area (Å²) in [5.74, 6) is -1.23. The van der Waals surface area contributed by atoms with E-state index in [0.717, 1.165) is 6.07 Å². The standard InChI is InChI=1S/C23H19N5O5S/c24-26-25-18-13-17(14-33-22(31)16-9-5-2-6-10-16)34-21(18)27-12-11-19(29)28(23(27)32)20(30)15-7-3-1-4-8-15/h1-12,17-18,21H,13-14H2/t17-,18+,21+/m1/s1. The summed E-state index contributed by atoms with van der Waals surface area (Å²) in [5, 5.41) is 2.86. The van der Waals surface area contributed by atoms with Crippen molar-refractivity contribution in [2.75, 3.05) is 6.61 Å². The van der Waals surface area contributed by atoms with E-state index < -0.39 is 34.5 Å². The van der Waals surface area contributed by atoms with Crippen LogP contribution in [0.4, 0.5) is 0 Å². The lowest BCUT2D eigenvalue weighted by molar-refractivity contribution is 0.0504. The molecule has 172 valence electrons. The van der Waals surface area contributed by atoms with Crippen molar-refractivity contribution in [2.45, 2.75) is 23.1 Å². The second-order valence-corrected chi connectivity index (χ2v) is 8.89. The van der Waals surface area contributed by atoms with Gasteiger partial charge in [0.15, 0.2) is 0 Å². The van der Waals surface area contributed by atoms with Crippen LogP contribution in [-0.2, 0) is 4.74 Å². The fourth-order valence-electron chi connectivity index (χ4n) is 3.67. The van der Waals surface area contributed by atoms with Gasteiger partial charge in [-0.3, -0.25) is 14.2 Å². The average molecular weight is 478 g/mol. The van der Waals surface area contributed by atoms with Crippen LogP contribution in [0.15, 0.2) is 87.6 Å². The first kappa shape index (κ1) is 23.1. The Morgan fingerprint density at radius 1 is 1.03 bits per heavy atom. The Morgan fingerprint density at radius 3 is 2.32 bits per heavy atom. The molecule has 10 nitrogen and oxygen atoms in total. The summed E-state index contributed by atoms with van der Waals surface area (Å²) in [4.78, 5) is 53.5. The van der Waals surface area contributed by atoms with Crippen LogP contribution < -0.4 is 11.2 Å². The van der Waals surface area contributed by atoms with Crippen LogP contribution >= 0.6 is 11.8 Å². The third kappa shape index (κ3) is 4.80. The lowest BCUT2D eigenvalue weighted by atomic mass is 10.1. The molecule has 0 spiro atoms. The van der Waals surface area contributed by atoms with E-state index in [1.807, 2.05) is 0 Å². The molecule has 1 fully saturated rings. The normalized spacial score (nSPS) is 19.2. The van der Waals surface area contributed by atoms with Gasteiger partial charge in [0.2, 0.25) is 0 Å². The molecular weight excluding hydrogens is 458 g/mol.